The van der Waals surface area contributed by atoms with Crippen molar-refractivity contribution >= 4 is 56.2 Å². The maximum atomic E-state index is 11.2. The molecule has 0 aliphatic rings. The summed E-state index contributed by atoms with van der Waals surface area (Å²) in [6, 6.07) is 10.6. The summed E-state index contributed by atoms with van der Waals surface area (Å²) in [5.41, 5.74) is 2.02. The fourth-order valence-electron chi connectivity index (χ4n) is 1.61. The van der Waals surface area contributed by atoms with Crippen LogP contribution in [0.4, 0.5) is 5.69 Å². The van der Waals surface area contributed by atoms with Crippen molar-refractivity contribution in [2.75, 3.05) is 0 Å². The monoisotopic (exact) mass is 443 g/mol. The molecule has 0 aromatic heterocycles. The van der Waals surface area contributed by atoms with E-state index in [1.54, 1.807) is 36.5 Å². The average molecular weight is 444 g/mol. The van der Waals surface area contributed by atoms with Gasteiger partial charge in [0.05, 0.1) is 9.26 Å². The first-order chi connectivity index (χ1) is 9.47. The van der Waals surface area contributed by atoms with Gasteiger partial charge >= 0.3 is 0 Å². The van der Waals surface area contributed by atoms with Gasteiger partial charge in [0.25, 0.3) is 0 Å². The summed E-state index contributed by atoms with van der Waals surface area (Å²) in [7, 11) is 0. The molecule has 0 aliphatic heterocycles. The number of aliphatic imine (C=N–C) groups is 1. The molecule has 0 radical (unpaired) electrons. The van der Waals surface area contributed by atoms with Crippen LogP contribution in [0, 0.1) is 3.57 Å². The Kier molecular flexibility index (Phi) is 4.93. The molecule has 0 spiro atoms. The van der Waals surface area contributed by atoms with Crippen molar-refractivity contribution in [2.45, 2.75) is 6.92 Å². The third-order valence-corrected chi connectivity index (χ3v) is 3.96. The highest BCUT2D eigenvalue weighted by atomic mass is 127. The van der Waals surface area contributed by atoms with Gasteiger partial charge in [-0.3, -0.25) is 9.79 Å². The van der Waals surface area contributed by atoms with Crippen LogP contribution in [0.15, 0.2) is 45.9 Å². The predicted molar refractivity (Wildman–Crippen MR) is 92.2 cm³/mol. The minimum atomic E-state index is 0.0275. The number of rotatable bonds is 3. The third-order valence-electron chi connectivity index (χ3n) is 2.68. The Morgan fingerprint density at radius 2 is 1.95 bits per heavy atom. The molecule has 0 bridgehead atoms. The van der Waals surface area contributed by atoms with E-state index in [2.05, 4.69) is 43.5 Å². The first kappa shape index (κ1) is 15.2. The highest BCUT2D eigenvalue weighted by molar-refractivity contribution is 14.1. The molecule has 0 saturated heterocycles. The molecule has 2 rings (SSSR count). The molecule has 0 fully saturated rings. The molecule has 0 saturated carbocycles. The number of Topliss-reactive ketones (excluding diaryl/α,β-unsaturated/α-hetero) is 1. The summed E-state index contributed by atoms with van der Waals surface area (Å²) in [4.78, 5) is 15.5. The molecule has 0 atom stereocenters. The van der Waals surface area contributed by atoms with Crippen molar-refractivity contribution in [1.29, 1.82) is 0 Å². The highest BCUT2D eigenvalue weighted by Gasteiger charge is 2.05. The molecule has 0 unspecified atom stereocenters. The van der Waals surface area contributed by atoms with Crippen molar-refractivity contribution in [3.63, 3.8) is 0 Å². The number of aromatic hydroxyl groups is 1. The Hall–Kier alpha value is -1.21. The zero-order chi connectivity index (χ0) is 14.7. The largest absolute Gasteiger partial charge is 0.506 e. The van der Waals surface area contributed by atoms with Crippen LogP contribution < -0.4 is 0 Å². The van der Waals surface area contributed by atoms with Crippen LogP contribution in [0.25, 0.3) is 0 Å². The van der Waals surface area contributed by atoms with E-state index in [4.69, 9.17) is 0 Å². The van der Waals surface area contributed by atoms with Gasteiger partial charge in [0, 0.05) is 21.8 Å². The number of phenolic OH excluding ortho intramolecular Hbond substituents is 1. The SMILES string of the molecule is CC(=O)c1ccc(N=Cc2cc(Br)cc(I)c2O)cc1. The van der Waals surface area contributed by atoms with Crippen LogP contribution >= 0.6 is 38.5 Å². The Bertz CT molecular complexity index is 681. The minimum absolute atomic E-state index is 0.0275. The summed E-state index contributed by atoms with van der Waals surface area (Å²) >= 11 is 5.45. The lowest BCUT2D eigenvalue weighted by atomic mass is 10.1. The van der Waals surface area contributed by atoms with E-state index >= 15 is 0 Å². The second-order valence-corrected chi connectivity index (χ2v) is 6.26. The number of halogens is 2. The van der Waals surface area contributed by atoms with Gasteiger partial charge in [-0.05, 0) is 65.9 Å². The van der Waals surface area contributed by atoms with E-state index in [-0.39, 0.29) is 11.5 Å². The number of hydrogen-bond donors (Lipinski definition) is 1. The molecule has 102 valence electrons. The number of phenols is 1. The van der Waals surface area contributed by atoms with Crippen molar-refractivity contribution in [2.24, 2.45) is 4.99 Å². The molecule has 0 heterocycles. The third kappa shape index (κ3) is 3.67. The first-order valence-electron chi connectivity index (χ1n) is 5.80. The minimum Gasteiger partial charge on any atom is -0.506 e. The van der Waals surface area contributed by atoms with Gasteiger partial charge in [-0.15, -0.1) is 0 Å². The van der Waals surface area contributed by atoms with Gasteiger partial charge in [0.15, 0.2) is 5.78 Å². The Balaban J connectivity index is 2.27. The molecule has 5 heteroatoms. The van der Waals surface area contributed by atoms with Crippen molar-refractivity contribution in [1.82, 2.24) is 0 Å². The van der Waals surface area contributed by atoms with Gasteiger partial charge in [0.2, 0.25) is 0 Å². The van der Waals surface area contributed by atoms with Gasteiger partial charge in [-0.25, -0.2) is 0 Å². The van der Waals surface area contributed by atoms with Crippen LogP contribution in [0.2, 0.25) is 0 Å². The molecule has 0 aliphatic carbocycles. The smallest absolute Gasteiger partial charge is 0.159 e. The maximum absolute atomic E-state index is 11.2. The zero-order valence-corrected chi connectivity index (χ0v) is 14.3. The Labute approximate surface area is 139 Å². The van der Waals surface area contributed by atoms with Crippen LogP contribution in [0.5, 0.6) is 5.75 Å². The fraction of sp³-hybridized carbons (Fsp3) is 0.0667. The predicted octanol–water partition coefficient (Wildman–Crippen LogP) is 4.71. The second-order valence-electron chi connectivity index (χ2n) is 4.19. The number of hydrogen-bond acceptors (Lipinski definition) is 3. The average Bonchev–Trinajstić information content (AvgIpc) is 2.41. The van der Waals surface area contributed by atoms with Crippen LogP contribution in [-0.2, 0) is 0 Å². The normalized spacial score (nSPS) is 10.9. The number of ketones is 1. The molecule has 0 amide bonds. The van der Waals surface area contributed by atoms with E-state index in [0.717, 1.165) is 13.7 Å². The molecule has 1 N–H and O–H groups in total. The lowest BCUT2D eigenvalue weighted by Gasteiger charge is -2.03. The fourth-order valence-corrected chi connectivity index (χ4v) is 3.16. The molecule has 2 aromatic carbocycles. The topological polar surface area (TPSA) is 49.7 Å². The quantitative estimate of drug-likeness (QED) is 0.424. The van der Waals surface area contributed by atoms with Gasteiger partial charge in [0.1, 0.15) is 5.75 Å². The first-order valence-corrected chi connectivity index (χ1v) is 7.67. The summed E-state index contributed by atoms with van der Waals surface area (Å²) in [6.45, 7) is 1.53. The molecule has 20 heavy (non-hydrogen) atoms. The van der Waals surface area contributed by atoms with Crippen LogP contribution in [-0.4, -0.2) is 17.1 Å². The van der Waals surface area contributed by atoms with E-state index in [0.29, 0.717) is 11.1 Å². The maximum Gasteiger partial charge on any atom is 0.159 e. The summed E-state index contributed by atoms with van der Waals surface area (Å²) in [6.07, 6.45) is 1.60. The molecule has 2 aromatic rings. The van der Waals surface area contributed by atoms with Crippen molar-refractivity contribution in [3.05, 3.63) is 55.6 Å². The molecular formula is C15H11BrINO2. The van der Waals surface area contributed by atoms with Crippen molar-refractivity contribution in [3.8, 4) is 5.75 Å². The van der Waals surface area contributed by atoms with Crippen LogP contribution in [0.3, 0.4) is 0 Å². The summed E-state index contributed by atoms with van der Waals surface area (Å²) in [5, 5.41) is 9.95. The standard InChI is InChI=1S/C15H11BrINO2/c1-9(19)10-2-4-13(5-3-10)18-8-11-6-12(16)7-14(17)15(11)20/h2-8,20H,1H3. The molecular weight excluding hydrogens is 433 g/mol. The number of benzene rings is 2. The second kappa shape index (κ2) is 6.49. The highest BCUT2D eigenvalue weighted by Crippen LogP contribution is 2.28. The summed E-state index contributed by atoms with van der Waals surface area (Å²) < 4.78 is 1.64. The van der Waals surface area contributed by atoms with Gasteiger partial charge in [-0.1, -0.05) is 15.9 Å². The number of carbonyl (C=O) groups is 1. The van der Waals surface area contributed by atoms with Crippen molar-refractivity contribution < 1.29 is 9.90 Å². The van der Waals surface area contributed by atoms with E-state index < -0.39 is 0 Å². The Morgan fingerprint density at radius 1 is 1.30 bits per heavy atom. The van der Waals surface area contributed by atoms with E-state index in [1.165, 1.54) is 6.92 Å². The Morgan fingerprint density at radius 3 is 2.55 bits per heavy atom. The van der Waals surface area contributed by atoms with Gasteiger partial charge < -0.3 is 5.11 Å². The number of nitrogens with zero attached hydrogens (tertiary/aromatic N) is 1. The van der Waals surface area contributed by atoms with Crippen LogP contribution in [0.1, 0.15) is 22.8 Å². The van der Waals surface area contributed by atoms with E-state index in [9.17, 15) is 9.90 Å². The summed E-state index contributed by atoms with van der Waals surface area (Å²) in [5.74, 6) is 0.234. The van der Waals surface area contributed by atoms with E-state index in [1.807, 2.05) is 6.07 Å². The lowest BCUT2D eigenvalue weighted by Crippen LogP contribution is -1.90. The zero-order valence-electron chi connectivity index (χ0n) is 10.6. The lowest BCUT2D eigenvalue weighted by molar-refractivity contribution is 0.101. The molecule has 3 nitrogen and oxygen atoms in total. The number of carbonyl (C=O) groups excluding carboxylic acids is 1. The van der Waals surface area contributed by atoms with Gasteiger partial charge in [-0.2, -0.15) is 0 Å².